The highest BCUT2D eigenvalue weighted by molar-refractivity contribution is 6.00. The molecule has 1 atom stereocenters. The van der Waals surface area contributed by atoms with E-state index in [1.807, 2.05) is 6.07 Å². The smallest absolute Gasteiger partial charge is 0.309 e. The van der Waals surface area contributed by atoms with Gasteiger partial charge in [-0.2, -0.15) is 0 Å². The molecular weight excluding hydrogens is 334 g/mol. The molecule has 0 radical (unpaired) electrons. The van der Waals surface area contributed by atoms with Crippen molar-refractivity contribution in [3.05, 3.63) is 60.1 Å². The molecule has 26 heavy (non-hydrogen) atoms. The molecule has 1 aromatic heterocycles. The number of likely N-dealkylation sites (tertiary alicyclic amines) is 1. The van der Waals surface area contributed by atoms with Crippen LogP contribution >= 0.6 is 0 Å². The number of amides is 1. The summed E-state index contributed by atoms with van der Waals surface area (Å²) >= 11 is 0. The summed E-state index contributed by atoms with van der Waals surface area (Å²) in [7, 11) is 0. The monoisotopic (exact) mass is 355 g/mol. The fraction of sp³-hybridized carbons (Fsp3) is 0.350. The maximum atomic E-state index is 12.4. The molecule has 3 rings (SSSR count). The van der Waals surface area contributed by atoms with E-state index in [0.717, 1.165) is 0 Å². The lowest BCUT2D eigenvalue weighted by molar-refractivity contribution is -0.152. The molecule has 0 spiro atoms. The highest BCUT2D eigenvalue weighted by Gasteiger charge is 2.31. The molecule has 0 N–H and O–H groups in total. The number of hydrogen-bond donors (Lipinski definition) is 0. The molecular formula is C20H21NO5. The van der Waals surface area contributed by atoms with Gasteiger partial charge in [0.05, 0.1) is 12.2 Å². The number of ether oxygens (including phenoxy) is 1. The van der Waals surface area contributed by atoms with Gasteiger partial charge in [0.1, 0.15) is 0 Å². The molecule has 1 amide bonds. The van der Waals surface area contributed by atoms with Crippen molar-refractivity contribution >= 4 is 17.7 Å². The van der Waals surface area contributed by atoms with Crippen LogP contribution in [0.5, 0.6) is 0 Å². The molecule has 0 aliphatic carbocycles. The molecule has 1 saturated heterocycles. The van der Waals surface area contributed by atoms with Gasteiger partial charge in [-0.1, -0.05) is 30.3 Å². The summed E-state index contributed by atoms with van der Waals surface area (Å²) in [5.41, 5.74) is 0.520. The molecule has 2 heterocycles. The first-order valence-corrected chi connectivity index (χ1v) is 8.69. The van der Waals surface area contributed by atoms with Gasteiger partial charge in [0.15, 0.2) is 11.9 Å². The Kier molecular flexibility index (Phi) is 5.51. The predicted octanol–water partition coefficient (Wildman–Crippen LogP) is 2.95. The number of carbonyl (C=O) groups excluding carboxylic acids is 3. The van der Waals surface area contributed by atoms with Crippen LogP contribution in [0.1, 0.15) is 40.7 Å². The second kappa shape index (κ2) is 7.99. The van der Waals surface area contributed by atoms with Gasteiger partial charge in [-0.3, -0.25) is 14.4 Å². The van der Waals surface area contributed by atoms with Crippen molar-refractivity contribution < 1.29 is 23.5 Å². The van der Waals surface area contributed by atoms with Gasteiger partial charge in [0, 0.05) is 18.7 Å². The molecule has 136 valence electrons. The van der Waals surface area contributed by atoms with Gasteiger partial charge in [-0.15, -0.1) is 0 Å². The van der Waals surface area contributed by atoms with Crippen LogP contribution < -0.4 is 0 Å². The van der Waals surface area contributed by atoms with Crippen molar-refractivity contribution in [1.29, 1.82) is 0 Å². The Morgan fingerprint density at radius 2 is 1.77 bits per heavy atom. The molecule has 1 aliphatic heterocycles. The minimum absolute atomic E-state index is 0.172. The molecule has 1 aliphatic rings. The second-order valence-corrected chi connectivity index (χ2v) is 6.35. The van der Waals surface area contributed by atoms with E-state index in [4.69, 9.17) is 9.15 Å². The van der Waals surface area contributed by atoms with Crippen LogP contribution in [0.3, 0.4) is 0 Å². The number of furan rings is 1. The summed E-state index contributed by atoms with van der Waals surface area (Å²) < 4.78 is 10.5. The molecule has 1 aromatic carbocycles. The zero-order chi connectivity index (χ0) is 18.5. The van der Waals surface area contributed by atoms with Crippen molar-refractivity contribution in [2.75, 3.05) is 13.1 Å². The standard InChI is InChI=1S/C20H21NO5/c1-14(18(22)15-6-3-2-4-7-15)26-20(24)16-9-11-21(12-10-16)19(23)17-8-5-13-25-17/h2-8,13-14,16H,9-12H2,1H3/t14-/m1/s1. The van der Waals surface area contributed by atoms with Crippen LogP contribution in [0, 0.1) is 5.92 Å². The lowest BCUT2D eigenvalue weighted by atomic mass is 9.96. The highest BCUT2D eigenvalue weighted by atomic mass is 16.5. The Bertz CT molecular complexity index is 761. The number of carbonyl (C=O) groups is 3. The fourth-order valence-corrected chi connectivity index (χ4v) is 3.04. The molecule has 0 unspecified atom stereocenters. The van der Waals surface area contributed by atoms with Gasteiger partial charge >= 0.3 is 5.97 Å². The van der Waals surface area contributed by atoms with Gasteiger partial charge in [-0.05, 0) is 31.9 Å². The Balaban J connectivity index is 1.50. The molecule has 0 bridgehead atoms. The van der Waals surface area contributed by atoms with Crippen LogP contribution in [0.15, 0.2) is 53.1 Å². The first-order valence-electron chi connectivity index (χ1n) is 8.69. The third-order valence-corrected chi connectivity index (χ3v) is 4.57. The van der Waals surface area contributed by atoms with Crippen molar-refractivity contribution in [3.8, 4) is 0 Å². The summed E-state index contributed by atoms with van der Waals surface area (Å²) in [6.07, 6.45) is 1.66. The number of rotatable bonds is 5. The first kappa shape index (κ1) is 17.9. The van der Waals surface area contributed by atoms with Gasteiger partial charge in [0.2, 0.25) is 5.78 Å². The fourth-order valence-electron chi connectivity index (χ4n) is 3.04. The van der Waals surface area contributed by atoms with E-state index < -0.39 is 6.10 Å². The summed E-state index contributed by atoms with van der Waals surface area (Å²) in [6.45, 7) is 2.50. The van der Waals surface area contributed by atoms with E-state index in [9.17, 15) is 14.4 Å². The normalized spacial score (nSPS) is 16.1. The summed E-state index contributed by atoms with van der Waals surface area (Å²) in [4.78, 5) is 38.5. The Hall–Kier alpha value is -2.89. The van der Waals surface area contributed by atoms with Crippen LogP contribution in [-0.2, 0) is 9.53 Å². The summed E-state index contributed by atoms with van der Waals surface area (Å²) in [6, 6.07) is 12.1. The van der Waals surface area contributed by atoms with Crippen molar-refractivity contribution in [3.63, 3.8) is 0 Å². The predicted molar refractivity (Wildman–Crippen MR) is 93.7 cm³/mol. The number of Topliss-reactive ketones (excluding diaryl/α,β-unsaturated/α-hetero) is 1. The van der Waals surface area contributed by atoms with E-state index >= 15 is 0 Å². The average molecular weight is 355 g/mol. The van der Waals surface area contributed by atoms with Gasteiger partial charge in [-0.25, -0.2) is 0 Å². The van der Waals surface area contributed by atoms with E-state index in [0.29, 0.717) is 37.3 Å². The lowest BCUT2D eigenvalue weighted by Gasteiger charge is -2.30. The summed E-state index contributed by atoms with van der Waals surface area (Å²) in [5, 5.41) is 0. The molecule has 0 saturated carbocycles. The third-order valence-electron chi connectivity index (χ3n) is 4.57. The average Bonchev–Trinajstić information content (AvgIpc) is 3.22. The third kappa shape index (κ3) is 4.02. The Morgan fingerprint density at radius 3 is 2.38 bits per heavy atom. The maximum absolute atomic E-state index is 12.4. The van der Waals surface area contributed by atoms with Crippen molar-refractivity contribution in [2.24, 2.45) is 5.92 Å². The number of hydrogen-bond acceptors (Lipinski definition) is 5. The molecule has 6 heteroatoms. The van der Waals surface area contributed by atoms with E-state index in [1.54, 1.807) is 48.2 Å². The van der Waals surface area contributed by atoms with Crippen LogP contribution in [-0.4, -0.2) is 41.8 Å². The quantitative estimate of drug-likeness (QED) is 0.609. The number of ketones is 1. The Labute approximate surface area is 151 Å². The van der Waals surface area contributed by atoms with E-state index in [1.165, 1.54) is 6.26 Å². The number of benzene rings is 1. The number of piperidine rings is 1. The Morgan fingerprint density at radius 1 is 1.08 bits per heavy atom. The van der Waals surface area contributed by atoms with Crippen LogP contribution in [0.4, 0.5) is 0 Å². The topological polar surface area (TPSA) is 76.8 Å². The van der Waals surface area contributed by atoms with Gasteiger partial charge in [0.25, 0.3) is 5.91 Å². The molecule has 6 nitrogen and oxygen atoms in total. The van der Waals surface area contributed by atoms with Crippen molar-refractivity contribution in [1.82, 2.24) is 4.90 Å². The minimum atomic E-state index is -0.826. The molecule has 1 fully saturated rings. The van der Waals surface area contributed by atoms with E-state index in [-0.39, 0.29) is 23.6 Å². The SMILES string of the molecule is C[C@@H](OC(=O)C1CCN(C(=O)c2ccco2)CC1)C(=O)c1ccccc1. The van der Waals surface area contributed by atoms with Gasteiger partial charge < -0.3 is 14.1 Å². The largest absolute Gasteiger partial charge is 0.459 e. The molecule has 2 aromatic rings. The highest BCUT2D eigenvalue weighted by Crippen LogP contribution is 2.21. The van der Waals surface area contributed by atoms with Crippen LogP contribution in [0.2, 0.25) is 0 Å². The zero-order valence-electron chi connectivity index (χ0n) is 14.6. The van der Waals surface area contributed by atoms with E-state index in [2.05, 4.69) is 0 Å². The number of esters is 1. The minimum Gasteiger partial charge on any atom is -0.459 e. The lowest BCUT2D eigenvalue weighted by Crippen LogP contribution is -2.41. The zero-order valence-corrected chi connectivity index (χ0v) is 14.6. The first-order chi connectivity index (χ1) is 12.6. The van der Waals surface area contributed by atoms with Crippen molar-refractivity contribution in [2.45, 2.75) is 25.9 Å². The van der Waals surface area contributed by atoms with Crippen LogP contribution in [0.25, 0.3) is 0 Å². The summed E-state index contributed by atoms with van der Waals surface area (Å²) in [5.74, 6) is -0.777. The second-order valence-electron chi connectivity index (χ2n) is 6.35. The number of nitrogens with zero attached hydrogens (tertiary/aromatic N) is 1. The maximum Gasteiger partial charge on any atom is 0.309 e.